The number of ether oxygens (including phenoxy) is 1. The number of aromatic nitrogens is 1. The summed E-state index contributed by atoms with van der Waals surface area (Å²) in [4.78, 5) is 90.9. The predicted octanol–water partition coefficient (Wildman–Crippen LogP) is 11.3. The molecular weight excluding hydrogens is 1500 g/mol. The maximum absolute atomic E-state index is 14.3. The van der Waals surface area contributed by atoms with Gasteiger partial charge in [0.05, 0.1) is 51.2 Å². The van der Waals surface area contributed by atoms with Crippen LogP contribution in [0.1, 0.15) is 131 Å². The van der Waals surface area contributed by atoms with Crippen LogP contribution in [-0.4, -0.2) is 247 Å². The lowest BCUT2D eigenvalue weighted by Crippen LogP contribution is -2.57. The van der Waals surface area contributed by atoms with E-state index in [9.17, 15) is 45.9 Å². The number of aliphatic hydroxyl groups excluding tert-OH is 1. The number of piperazine rings is 2. The molecule has 1 aromatic heterocycles. The maximum Gasteiger partial charge on any atom is 0.246 e. The summed E-state index contributed by atoms with van der Waals surface area (Å²) < 4.78 is 60.4. The zero-order valence-electron chi connectivity index (χ0n) is 65.8. The highest BCUT2D eigenvalue weighted by Crippen LogP contribution is 2.44. The van der Waals surface area contributed by atoms with Gasteiger partial charge >= 0.3 is 0 Å². The molecule has 11 rings (SSSR count). The second kappa shape index (κ2) is 38.5. The van der Waals surface area contributed by atoms with Crippen LogP contribution in [0.25, 0.3) is 16.0 Å². The maximum atomic E-state index is 14.3. The number of Topliss-reactive ketones (excluding diaryl/α,β-unsaturated/α-hetero) is 1. The summed E-state index contributed by atoms with van der Waals surface area (Å²) in [5.74, 6) is -1.52. The molecule has 4 aliphatic heterocycles. The van der Waals surface area contributed by atoms with E-state index in [1.165, 1.54) is 33.7 Å². The molecule has 5 aromatic carbocycles. The number of carbonyl (C=O) groups is 5. The molecule has 0 bridgehead atoms. The molecule has 1 unspecified atom stereocenters. The van der Waals surface area contributed by atoms with Crippen molar-refractivity contribution in [2.75, 3.05) is 148 Å². The van der Waals surface area contributed by atoms with Crippen molar-refractivity contribution in [3.05, 3.63) is 165 Å². The van der Waals surface area contributed by atoms with E-state index in [2.05, 4.69) is 78.4 Å². The molecule has 4 fully saturated rings. The number of unbranched alkanes of at least 4 members (excludes halogenated alkanes) is 1. The summed E-state index contributed by atoms with van der Waals surface area (Å²) in [5.41, 5.74) is 9.87. The smallest absolute Gasteiger partial charge is 0.246 e. The molecule has 26 heteroatoms. The van der Waals surface area contributed by atoms with Crippen molar-refractivity contribution < 1.29 is 50.7 Å². The Kier molecular flexibility index (Phi) is 29.5. The number of hydrogen-bond acceptors (Lipinski definition) is 19. The van der Waals surface area contributed by atoms with Gasteiger partial charge in [-0.25, -0.2) is 21.8 Å². The molecule has 3 N–H and O–H groups in total. The van der Waals surface area contributed by atoms with Crippen molar-refractivity contribution >= 4 is 95.0 Å². The molecule has 600 valence electrons. The molecular formula is C85H113ClN10O11S4. The van der Waals surface area contributed by atoms with Gasteiger partial charge in [0.25, 0.3) is 0 Å². The van der Waals surface area contributed by atoms with Gasteiger partial charge in [-0.2, -0.15) is 0 Å². The molecule has 0 saturated carbocycles. The SMILES string of the molecule is Cc1ncsc1-c1ccc([C@H](C)NC(=O)[C@@H]2C[C@@H](O)CN2C(=O)[C@@H](NC(=O)CCCCC(=O)N2CCN(CCN(C)CC3(C)CCC(c4ccc(Cl)cc4)=C(CN4CCN(c5ccc(C(=O)CS(=O)(=O)c6ccc(C[C@H](CCN7CCOCC7)CSc7ccccc7)c(S(C)(=O)=O)c6)cc5)CC4)C3)CC2)C(C)(C)C)cc1. The normalized spacial score (nSPS) is 20.2. The number of sulfone groups is 2. The number of β-amino-alcohol motifs (C(OH)–C–C–N with tert-alkyl or cyclic N) is 1. The molecule has 21 nitrogen and oxygen atoms in total. The first-order chi connectivity index (χ1) is 52.9. The van der Waals surface area contributed by atoms with E-state index >= 15 is 0 Å². The van der Waals surface area contributed by atoms with Crippen LogP contribution in [-0.2, 0) is 50.0 Å². The van der Waals surface area contributed by atoms with Gasteiger partial charge in [-0.1, -0.05) is 106 Å². The van der Waals surface area contributed by atoms with Gasteiger partial charge in [0.1, 0.15) is 17.8 Å². The molecule has 0 radical (unpaired) electrons. The Balaban J connectivity index is 0.606. The number of anilines is 1. The number of rotatable bonds is 33. The molecule has 4 amide bonds. The summed E-state index contributed by atoms with van der Waals surface area (Å²) >= 11 is 9.73. The summed E-state index contributed by atoms with van der Waals surface area (Å²) in [5, 5.41) is 17.5. The van der Waals surface area contributed by atoms with Crippen molar-refractivity contribution in [2.45, 2.75) is 145 Å². The minimum absolute atomic E-state index is 0.0194. The number of ketones is 1. The summed E-state index contributed by atoms with van der Waals surface area (Å²) in [6.07, 6.45) is 6.01. The topological polar surface area (TPSA) is 243 Å². The zero-order valence-corrected chi connectivity index (χ0v) is 69.9. The third kappa shape index (κ3) is 23.7. The highest BCUT2D eigenvalue weighted by Gasteiger charge is 2.45. The van der Waals surface area contributed by atoms with Gasteiger partial charge in [0.2, 0.25) is 23.6 Å². The Morgan fingerprint density at radius 1 is 0.802 bits per heavy atom. The summed E-state index contributed by atoms with van der Waals surface area (Å²) in [6.45, 7) is 25.4. The number of thioether (sulfide) groups is 1. The Morgan fingerprint density at radius 2 is 1.47 bits per heavy atom. The number of likely N-dealkylation sites (tertiary alicyclic amines) is 1. The largest absolute Gasteiger partial charge is 0.391 e. The standard InChI is InChI=1S/C85H113ClN10O11S4/c1-60(63-18-20-66(21-19-63)80-61(2)87-59-109-80)88-82(101)75-51-71(97)55-96(75)83(102)81(84(3,4)5)89-78(99)16-12-13-17-79(100)95-44-38-92(39-45-95)37-36-90(7)58-85(6)34-32-74(64-22-27-69(86)28-23-64)68(53-85)54-93-40-42-94(43-41-93)70-29-24-65(25-30-70)76(98)57-111(105,106)73-31-26-67(77(52-73)110(8,103)104)50-62(33-35-91-46-48-107-49-47-91)56-108-72-14-10-9-11-15-72/h9-11,14-15,18-31,52,59-60,62,71,75,81,97H,12-13,16-17,32-51,53-58H2,1-8H3,(H,88,101)(H,89,99)/t60-,62-,71+,75-,81+,85?/m0/s1. The lowest BCUT2D eigenvalue weighted by atomic mass is 9.71. The van der Waals surface area contributed by atoms with E-state index in [-0.39, 0.29) is 69.8 Å². The molecule has 0 spiro atoms. The van der Waals surface area contributed by atoms with Gasteiger partial charge < -0.3 is 40.1 Å². The highest BCUT2D eigenvalue weighted by atomic mass is 35.5. The Bertz CT molecular complexity index is 4430. The molecule has 111 heavy (non-hydrogen) atoms. The first kappa shape index (κ1) is 85.0. The predicted molar refractivity (Wildman–Crippen MR) is 443 cm³/mol. The van der Waals surface area contributed by atoms with Gasteiger partial charge in [-0.15, -0.1) is 23.1 Å². The number of thiazole rings is 1. The third-order valence-electron chi connectivity index (χ3n) is 22.7. The van der Waals surface area contributed by atoms with Crippen LogP contribution >= 0.6 is 34.7 Å². The van der Waals surface area contributed by atoms with E-state index in [1.807, 2.05) is 112 Å². The van der Waals surface area contributed by atoms with Crippen LogP contribution in [0.5, 0.6) is 0 Å². The Hall–Kier alpha value is -6.88. The first-order valence-corrected chi connectivity index (χ1v) is 45.1. The van der Waals surface area contributed by atoms with Crippen LogP contribution < -0.4 is 15.5 Å². The van der Waals surface area contributed by atoms with Crippen molar-refractivity contribution in [2.24, 2.45) is 16.7 Å². The fraction of sp³-hybridized carbons (Fsp3) is 0.529. The van der Waals surface area contributed by atoms with Crippen LogP contribution in [0.3, 0.4) is 0 Å². The van der Waals surface area contributed by atoms with E-state index in [4.69, 9.17) is 16.3 Å². The average Bonchev–Trinajstić information content (AvgIpc) is 1.41. The van der Waals surface area contributed by atoms with Gasteiger partial charge in [0.15, 0.2) is 25.5 Å². The van der Waals surface area contributed by atoms with Crippen LogP contribution in [0.4, 0.5) is 5.69 Å². The third-order valence-corrected chi connectivity index (χ3v) is 27.9. The number of likely N-dealkylation sites (N-methyl/N-ethyl adjacent to an activating group) is 1. The molecule has 5 heterocycles. The Labute approximate surface area is 671 Å². The van der Waals surface area contributed by atoms with Crippen molar-refractivity contribution in [1.29, 1.82) is 0 Å². The lowest BCUT2D eigenvalue weighted by molar-refractivity contribution is -0.144. The monoisotopic (exact) mass is 1610 g/mol. The van der Waals surface area contributed by atoms with Crippen molar-refractivity contribution in [3.8, 4) is 10.4 Å². The van der Waals surface area contributed by atoms with E-state index in [0.29, 0.717) is 62.6 Å². The van der Waals surface area contributed by atoms with Crippen LogP contribution in [0.15, 0.2) is 147 Å². The molecule has 6 aromatic rings. The van der Waals surface area contributed by atoms with Gasteiger partial charge in [-0.3, -0.25) is 38.7 Å². The second-order valence-corrected chi connectivity index (χ2v) is 39.0. The minimum atomic E-state index is -4.22. The average molecular weight is 1610 g/mol. The number of aliphatic hydroxyl groups is 1. The number of halogens is 1. The number of morpholine rings is 1. The number of carbonyl (C=O) groups excluding carboxylic acids is 5. The van der Waals surface area contributed by atoms with E-state index < -0.39 is 60.7 Å². The highest BCUT2D eigenvalue weighted by molar-refractivity contribution is 7.99. The number of nitrogens with one attached hydrogen (secondary N) is 2. The van der Waals surface area contributed by atoms with Crippen molar-refractivity contribution in [3.63, 3.8) is 0 Å². The molecule has 4 saturated heterocycles. The summed E-state index contributed by atoms with van der Waals surface area (Å²) in [7, 11) is -5.85. The second-order valence-electron chi connectivity index (χ2n) is 32.6. The lowest BCUT2D eigenvalue weighted by Gasteiger charge is -2.42. The summed E-state index contributed by atoms with van der Waals surface area (Å²) in [6, 6.07) is 35.5. The number of nitrogens with zero attached hydrogens (tertiary/aromatic N) is 8. The zero-order chi connectivity index (χ0) is 79.2. The number of allylic oxidation sites excluding steroid dienone is 1. The van der Waals surface area contributed by atoms with Gasteiger partial charge in [0, 0.05) is 151 Å². The van der Waals surface area contributed by atoms with Crippen molar-refractivity contribution in [1.82, 2.24) is 45.0 Å². The van der Waals surface area contributed by atoms with E-state index in [0.717, 1.165) is 155 Å². The number of aryl methyl sites for hydroxylation is 1. The number of benzene rings is 5. The molecule has 1 aliphatic carbocycles. The van der Waals surface area contributed by atoms with Gasteiger partial charge in [-0.05, 0) is 178 Å². The number of hydrogen-bond donors (Lipinski definition) is 3. The number of amides is 4. The van der Waals surface area contributed by atoms with Crippen LogP contribution in [0.2, 0.25) is 5.02 Å². The molecule has 6 atom stereocenters. The van der Waals surface area contributed by atoms with E-state index in [1.54, 1.807) is 41.3 Å². The quantitative estimate of drug-likeness (QED) is 0.0197. The van der Waals surface area contributed by atoms with Crippen LogP contribution in [0, 0.1) is 23.7 Å². The Morgan fingerprint density at radius 3 is 2.14 bits per heavy atom. The minimum Gasteiger partial charge on any atom is -0.391 e. The first-order valence-electron chi connectivity index (χ1n) is 39.3. The fourth-order valence-corrected chi connectivity index (χ4v) is 20.5. The fourth-order valence-electron chi connectivity index (χ4n) is 16.2. The molecule has 5 aliphatic rings.